The number of aromatic nitrogens is 1. The number of aryl methyl sites for hydroxylation is 1. The van der Waals surface area contributed by atoms with Gasteiger partial charge in [0.1, 0.15) is 18.5 Å². The highest BCUT2D eigenvalue weighted by atomic mass is 16.5. The quantitative estimate of drug-likeness (QED) is 0.506. The molecule has 4 rings (SSSR count). The topological polar surface area (TPSA) is 63.9 Å². The van der Waals surface area contributed by atoms with Crippen molar-refractivity contribution in [1.82, 2.24) is 9.47 Å². The fourth-order valence-electron chi connectivity index (χ4n) is 4.66. The SMILES string of the molecule is CCOC(=O)c1c(C)n(-c2ccc(C)cc2)c2ccc(OCC(O)CN3CCCCC3)cc12. The summed E-state index contributed by atoms with van der Waals surface area (Å²) < 4.78 is 13.4. The lowest BCUT2D eigenvalue weighted by Crippen LogP contribution is -2.38. The van der Waals surface area contributed by atoms with E-state index < -0.39 is 6.10 Å². The number of carbonyl (C=O) groups excluding carboxylic acids is 1. The molecule has 176 valence electrons. The molecule has 0 amide bonds. The van der Waals surface area contributed by atoms with Crippen molar-refractivity contribution in [1.29, 1.82) is 0 Å². The van der Waals surface area contributed by atoms with Gasteiger partial charge in [0, 0.05) is 23.3 Å². The molecule has 0 aliphatic carbocycles. The average Bonchev–Trinajstić information content (AvgIpc) is 3.10. The van der Waals surface area contributed by atoms with Gasteiger partial charge in [-0.05, 0) is 77.0 Å². The molecule has 0 spiro atoms. The summed E-state index contributed by atoms with van der Waals surface area (Å²) in [4.78, 5) is 15.2. The van der Waals surface area contributed by atoms with Gasteiger partial charge in [0.05, 0.1) is 17.7 Å². The first-order chi connectivity index (χ1) is 16.0. The Morgan fingerprint density at radius 3 is 2.48 bits per heavy atom. The molecule has 2 heterocycles. The standard InChI is InChI=1S/C27H34N2O4/c1-4-32-27(31)26-20(3)29(21-10-8-19(2)9-11-21)25-13-12-23(16-24(25)26)33-18-22(30)17-28-14-6-5-7-15-28/h8-13,16,22,30H,4-7,14-15,17-18H2,1-3H3. The maximum Gasteiger partial charge on any atom is 0.340 e. The second-order valence-corrected chi connectivity index (χ2v) is 8.86. The summed E-state index contributed by atoms with van der Waals surface area (Å²) in [7, 11) is 0. The van der Waals surface area contributed by atoms with E-state index in [9.17, 15) is 9.90 Å². The Kier molecular flexibility index (Phi) is 7.36. The minimum Gasteiger partial charge on any atom is -0.491 e. The van der Waals surface area contributed by atoms with Crippen LogP contribution in [-0.2, 0) is 4.74 Å². The van der Waals surface area contributed by atoms with Crippen LogP contribution in [0.15, 0.2) is 42.5 Å². The smallest absolute Gasteiger partial charge is 0.340 e. The van der Waals surface area contributed by atoms with E-state index in [0.717, 1.165) is 35.4 Å². The largest absolute Gasteiger partial charge is 0.491 e. The molecular formula is C27H34N2O4. The number of hydrogen-bond donors (Lipinski definition) is 1. The molecule has 1 N–H and O–H groups in total. The van der Waals surface area contributed by atoms with E-state index in [0.29, 0.717) is 24.5 Å². The van der Waals surface area contributed by atoms with Crippen molar-refractivity contribution in [2.45, 2.75) is 46.1 Å². The molecule has 6 nitrogen and oxygen atoms in total. The average molecular weight is 451 g/mol. The highest BCUT2D eigenvalue weighted by Gasteiger charge is 2.23. The van der Waals surface area contributed by atoms with Gasteiger partial charge in [-0.15, -0.1) is 0 Å². The molecule has 0 bridgehead atoms. The number of benzene rings is 2. The van der Waals surface area contributed by atoms with Crippen LogP contribution in [0.5, 0.6) is 5.75 Å². The monoisotopic (exact) mass is 450 g/mol. The second kappa shape index (κ2) is 10.4. The third kappa shape index (κ3) is 5.23. The van der Waals surface area contributed by atoms with Gasteiger partial charge in [0.2, 0.25) is 0 Å². The number of ether oxygens (including phenoxy) is 2. The van der Waals surface area contributed by atoms with Crippen LogP contribution in [0.3, 0.4) is 0 Å². The zero-order valence-electron chi connectivity index (χ0n) is 19.8. The second-order valence-electron chi connectivity index (χ2n) is 8.86. The van der Waals surface area contributed by atoms with Crippen LogP contribution in [0, 0.1) is 13.8 Å². The third-order valence-corrected chi connectivity index (χ3v) is 6.31. The van der Waals surface area contributed by atoms with Gasteiger partial charge in [-0.1, -0.05) is 24.1 Å². The highest BCUT2D eigenvalue weighted by molar-refractivity contribution is 6.07. The molecule has 1 aliphatic heterocycles. The van der Waals surface area contributed by atoms with Gasteiger partial charge in [0.15, 0.2) is 0 Å². The van der Waals surface area contributed by atoms with E-state index in [4.69, 9.17) is 9.47 Å². The van der Waals surface area contributed by atoms with Crippen molar-refractivity contribution in [3.8, 4) is 11.4 Å². The first-order valence-electron chi connectivity index (χ1n) is 11.9. The number of piperidine rings is 1. The molecule has 0 radical (unpaired) electrons. The predicted octanol–water partition coefficient (Wildman–Crippen LogP) is 4.65. The van der Waals surface area contributed by atoms with Gasteiger partial charge in [-0.3, -0.25) is 0 Å². The van der Waals surface area contributed by atoms with E-state index in [1.165, 1.54) is 24.8 Å². The fourth-order valence-corrected chi connectivity index (χ4v) is 4.66. The maximum atomic E-state index is 12.9. The van der Waals surface area contributed by atoms with Crippen molar-refractivity contribution < 1.29 is 19.4 Å². The van der Waals surface area contributed by atoms with Crippen molar-refractivity contribution in [2.75, 3.05) is 32.8 Å². The summed E-state index contributed by atoms with van der Waals surface area (Å²) >= 11 is 0. The minimum absolute atomic E-state index is 0.217. The fraction of sp³-hybridized carbons (Fsp3) is 0.444. The van der Waals surface area contributed by atoms with Crippen molar-refractivity contribution >= 4 is 16.9 Å². The number of likely N-dealkylation sites (tertiary alicyclic amines) is 1. The summed E-state index contributed by atoms with van der Waals surface area (Å²) in [5.74, 6) is 0.292. The number of aliphatic hydroxyl groups excluding tert-OH is 1. The van der Waals surface area contributed by atoms with Crippen molar-refractivity contribution in [3.05, 3.63) is 59.3 Å². The summed E-state index contributed by atoms with van der Waals surface area (Å²) in [5, 5.41) is 11.2. The van der Waals surface area contributed by atoms with E-state index in [1.54, 1.807) is 0 Å². The molecule has 1 fully saturated rings. The number of esters is 1. The van der Waals surface area contributed by atoms with Crippen molar-refractivity contribution in [3.63, 3.8) is 0 Å². The number of aliphatic hydroxyl groups is 1. The molecule has 33 heavy (non-hydrogen) atoms. The third-order valence-electron chi connectivity index (χ3n) is 6.31. The van der Waals surface area contributed by atoms with Crippen LogP contribution in [0.2, 0.25) is 0 Å². The van der Waals surface area contributed by atoms with Crippen LogP contribution >= 0.6 is 0 Å². The molecule has 1 unspecified atom stereocenters. The highest BCUT2D eigenvalue weighted by Crippen LogP contribution is 2.32. The molecule has 6 heteroatoms. The van der Waals surface area contributed by atoms with E-state index in [2.05, 4.69) is 40.7 Å². The van der Waals surface area contributed by atoms with Gasteiger partial charge < -0.3 is 24.0 Å². The Morgan fingerprint density at radius 2 is 1.79 bits per heavy atom. The minimum atomic E-state index is -0.554. The lowest BCUT2D eigenvalue weighted by atomic mass is 10.1. The number of rotatable bonds is 8. The van der Waals surface area contributed by atoms with Crippen LogP contribution < -0.4 is 4.74 Å². The van der Waals surface area contributed by atoms with Crippen LogP contribution in [0.4, 0.5) is 0 Å². The molecule has 1 aromatic heterocycles. The zero-order valence-corrected chi connectivity index (χ0v) is 19.8. The maximum absolute atomic E-state index is 12.9. The molecule has 0 saturated carbocycles. The van der Waals surface area contributed by atoms with Gasteiger partial charge in [-0.25, -0.2) is 4.79 Å². The Bertz CT molecular complexity index is 1100. The van der Waals surface area contributed by atoms with E-state index >= 15 is 0 Å². The van der Waals surface area contributed by atoms with Crippen LogP contribution in [0.25, 0.3) is 16.6 Å². The van der Waals surface area contributed by atoms with Gasteiger partial charge in [0.25, 0.3) is 0 Å². The lowest BCUT2D eigenvalue weighted by Gasteiger charge is -2.28. The lowest BCUT2D eigenvalue weighted by molar-refractivity contribution is 0.0527. The number of fused-ring (bicyclic) bond motifs is 1. The normalized spacial score (nSPS) is 15.5. The molecule has 3 aromatic rings. The summed E-state index contributed by atoms with van der Waals surface area (Å²) in [5.41, 5.74) is 4.46. The number of nitrogens with zero attached hydrogens (tertiary/aromatic N) is 2. The first-order valence-corrected chi connectivity index (χ1v) is 11.9. The molecule has 1 aliphatic rings. The molecule has 1 atom stereocenters. The summed E-state index contributed by atoms with van der Waals surface area (Å²) in [6.45, 7) is 9.04. The Hall–Kier alpha value is -2.83. The molecule has 1 saturated heterocycles. The summed E-state index contributed by atoms with van der Waals surface area (Å²) in [6.07, 6.45) is 3.10. The molecular weight excluding hydrogens is 416 g/mol. The first kappa shape index (κ1) is 23.3. The van der Waals surface area contributed by atoms with E-state index in [1.807, 2.05) is 32.0 Å². The number of β-amino-alcohol motifs (C(OH)–C–C–N with tert-alkyl or cyclic N) is 1. The Labute approximate surface area is 195 Å². The summed E-state index contributed by atoms with van der Waals surface area (Å²) in [6, 6.07) is 14.0. The Morgan fingerprint density at radius 1 is 1.06 bits per heavy atom. The number of hydrogen-bond acceptors (Lipinski definition) is 5. The van der Waals surface area contributed by atoms with Gasteiger partial charge >= 0.3 is 5.97 Å². The Balaban J connectivity index is 1.61. The van der Waals surface area contributed by atoms with Crippen LogP contribution in [0.1, 0.15) is 47.8 Å². The zero-order chi connectivity index (χ0) is 23.4. The van der Waals surface area contributed by atoms with E-state index in [-0.39, 0.29) is 12.6 Å². The number of carbonyl (C=O) groups is 1. The molecule has 2 aromatic carbocycles. The predicted molar refractivity (Wildman–Crippen MR) is 130 cm³/mol. The van der Waals surface area contributed by atoms with Crippen LogP contribution in [-0.4, -0.2) is 59.5 Å². The van der Waals surface area contributed by atoms with Gasteiger partial charge in [-0.2, -0.15) is 0 Å². The van der Waals surface area contributed by atoms with Crippen molar-refractivity contribution in [2.24, 2.45) is 0 Å².